The van der Waals surface area contributed by atoms with Crippen LogP contribution < -0.4 is 5.32 Å². The van der Waals surface area contributed by atoms with Crippen LogP contribution in [0.4, 0.5) is 5.13 Å². The van der Waals surface area contributed by atoms with Crippen LogP contribution in [0.25, 0.3) is 10.2 Å². The SMILES string of the molecule is CCc1cccc2sc(NC(=O)Cc3ccc(Cl)s3)nc12. The molecule has 0 aliphatic rings. The Balaban J connectivity index is 1.77. The Morgan fingerprint density at radius 3 is 2.86 bits per heavy atom. The molecule has 0 saturated heterocycles. The van der Waals surface area contributed by atoms with Gasteiger partial charge < -0.3 is 5.32 Å². The fourth-order valence-electron chi connectivity index (χ4n) is 2.11. The molecular formula is C15H13ClN2OS2. The van der Waals surface area contributed by atoms with Gasteiger partial charge in [-0.25, -0.2) is 4.98 Å². The fourth-order valence-corrected chi connectivity index (χ4v) is 4.13. The number of carbonyl (C=O) groups excluding carboxylic acids is 1. The number of para-hydroxylation sites is 1. The zero-order chi connectivity index (χ0) is 14.8. The van der Waals surface area contributed by atoms with Gasteiger partial charge in [-0.3, -0.25) is 4.79 Å². The summed E-state index contributed by atoms with van der Waals surface area (Å²) in [5.74, 6) is -0.0642. The Kier molecular flexibility index (Phi) is 4.24. The number of rotatable bonds is 4. The number of nitrogens with one attached hydrogen (secondary N) is 1. The molecule has 0 saturated carbocycles. The lowest BCUT2D eigenvalue weighted by atomic mass is 10.1. The van der Waals surface area contributed by atoms with Crippen LogP contribution in [0.15, 0.2) is 30.3 Å². The number of nitrogens with zero attached hydrogens (tertiary/aromatic N) is 1. The van der Waals surface area contributed by atoms with Gasteiger partial charge in [-0.1, -0.05) is 42.0 Å². The predicted octanol–water partition coefficient (Wildman–Crippen LogP) is 4.75. The zero-order valence-corrected chi connectivity index (χ0v) is 13.7. The van der Waals surface area contributed by atoms with Gasteiger partial charge in [0.1, 0.15) is 0 Å². The third kappa shape index (κ3) is 3.26. The highest BCUT2D eigenvalue weighted by molar-refractivity contribution is 7.22. The lowest BCUT2D eigenvalue weighted by molar-refractivity contribution is -0.115. The molecule has 1 N–H and O–H groups in total. The Morgan fingerprint density at radius 2 is 2.14 bits per heavy atom. The number of thiazole rings is 1. The van der Waals surface area contributed by atoms with Crippen molar-refractivity contribution < 1.29 is 4.79 Å². The van der Waals surface area contributed by atoms with Crippen molar-refractivity contribution in [3.05, 3.63) is 45.1 Å². The first kappa shape index (κ1) is 14.5. The number of amides is 1. The van der Waals surface area contributed by atoms with Gasteiger partial charge in [0.2, 0.25) is 5.91 Å². The monoisotopic (exact) mass is 336 g/mol. The standard InChI is InChI=1S/C15H13ClN2OS2/c1-2-9-4-3-5-11-14(9)18-15(21-11)17-13(19)8-10-6-7-12(16)20-10/h3-7H,2,8H2,1H3,(H,17,18,19). The van der Waals surface area contributed by atoms with Crippen LogP contribution in [0, 0.1) is 0 Å². The molecule has 3 aromatic rings. The maximum absolute atomic E-state index is 12.0. The number of anilines is 1. The van der Waals surface area contributed by atoms with E-state index < -0.39 is 0 Å². The topological polar surface area (TPSA) is 42.0 Å². The highest BCUT2D eigenvalue weighted by Gasteiger charge is 2.11. The second kappa shape index (κ2) is 6.13. The molecule has 2 aromatic heterocycles. The van der Waals surface area contributed by atoms with E-state index in [1.807, 2.05) is 18.2 Å². The largest absolute Gasteiger partial charge is 0.302 e. The number of carbonyl (C=O) groups is 1. The van der Waals surface area contributed by atoms with Crippen molar-refractivity contribution in [3.63, 3.8) is 0 Å². The molecule has 3 rings (SSSR count). The minimum atomic E-state index is -0.0642. The lowest BCUT2D eigenvalue weighted by Crippen LogP contribution is -2.13. The second-order valence-electron chi connectivity index (χ2n) is 4.57. The number of aromatic nitrogens is 1. The third-order valence-corrected chi connectivity index (χ3v) is 5.26. The van der Waals surface area contributed by atoms with Crippen LogP contribution in [0.1, 0.15) is 17.4 Å². The first-order chi connectivity index (χ1) is 10.2. The van der Waals surface area contributed by atoms with Gasteiger partial charge in [0.25, 0.3) is 0 Å². The maximum atomic E-state index is 12.0. The van der Waals surface area contributed by atoms with Crippen molar-refractivity contribution in [2.45, 2.75) is 19.8 Å². The van der Waals surface area contributed by atoms with Crippen LogP contribution >= 0.6 is 34.3 Å². The van der Waals surface area contributed by atoms with E-state index in [0.717, 1.165) is 21.5 Å². The number of hydrogen-bond donors (Lipinski definition) is 1. The molecule has 0 radical (unpaired) electrons. The highest BCUT2D eigenvalue weighted by atomic mass is 35.5. The minimum absolute atomic E-state index is 0.0642. The molecular weight excluding hydrogens is 324 g/mol. The highest BCUT2D eigenvalue weighted by Crippen LogP contribution is 2.29. The van der Waals surface area contributed by atoms with Crippen LogP contribution in [0.5, 0.6) is 0 Å². The smallest absolute Gasteiger partial charge is 0.231 e. The molecule has 0 spiro atoms. The van der Waals surface area contributed by atoms with Crippen LogP contribution in [-0.4, -0.2) is 10.9 Å². The minimum Gasteiger partial charge on any atom is -0.302 e. The Morgan fingerprint density at radius 1 is 1.29 bits per heavy atom. The molecule has 0 atom stereocenters. The number of benzene rings is 1. The molecule has 0 unspecified atom stereocenters. The summed E-state index contributed by atoms with van der Waals surface area (Å²) in [4.78, 5) is 17.5. The van der Waals surface area contributed by atoms with Crippen molar-refractivity contribution in [1.29, 1.82) is 0 Å². The Hall–Kier alpha value is -1.43. The van der Waals surface area contributed by atoms with E-state index in [-0.39, 0.29) is 5.91 Å². The summed E-state index contributed by atoms with van der Waals surface area (Å²) in [7, 11) is 0. The molecule has 6 heteroatoms. The van der Waals surface area contributed by atoms with Crippen LogP contribution in [0.3, 0.4) is 0 Å². The van der Waals surface area contributed by atoms with Gasteiger partial charge in [-0.2, -0.15) is 0 Å². The summed E-state index contributed by atoms with van der Waals surface area (Å²) < 4.78 is 1.80. The number of halogens is 1. The van der Waals surface area contributed by atoms with Gasteiger partial charge >= 0.3 is 0 Å². The molecule has 2 heterocycles. The number of thiophene rings is 1. The van der Waals surface area contributed by atoms with E-state index in [2.05, 4.69) is 23.3 Å². The Labute approximate surface area is 135 Å². The summed E-state index contributed by atoms with van der Waals surface area (Å²) >= 11 is 8.80. The first-order valence-corrected chi connectivity index (χ1v) is 8.59. The molecule has 1 amide bonds. The second-order valence-corrected chi connectivity index (χ2v) is 7.40. The van der Waals surface area contributed by atoms with Gasteiger partial charge in [-0.15, -0.1) is 11.3 Å². The molecule has 21 heavy (non-hydrogen) atoms. The van der Waals surface area contributed by atoms with Crippen molar-refractivity contribution in [3.8, 4) is 0 Å². The number of fused-ring (bicyclic) bond motifs is 1. The summed E-state index contributed by atoms with van der Waals surface area (Å²) in [5, 5.41) is 3.52. The van der Waals surface area contributed by atoms with Crippen molar-refractivity contribution >= 4 is 55.5 Å². The molecule has 3 nitrogen and oxygen atoms in total. The van der Waals surface area contributed by atoms with Crippen molar-refractivity contribution in [1.82, 2.24) is 4.98 Å². The van der Waals surface area contributed by atoms with Gasteiger partial charge in [0.15, 0.2) is 5.13 Å². The summed E-state index contributed by atoms with van der Waals surface area (Å²) in [5.41, 5.74) is 2.19. The molecule has 0 bridgehead atoms. The van der Waals surface area contributed by atoms with Gasteiger partial charge in [0, 0.05) is 4.88 Å². The van der Waals surface area contributed by atoms with E-state index in [9.17, 15) is 4.79 Å². The van der Waals surface area contributed by atoms with Crippen LogP contribution in [0.2, 0.25) is 4.34 Å². The summed E-state index contributed by atoms with van der Waals surface area (Å²) in [6.07, 6.45) is 1.26. The average molecular weight is 337 g/mol. The van der Waals surface area contributed by atoms with Crippen molar-refractivity contribution in [2.24, 2.45) is 0 Å². The molecule has 0 fully saturated rings. The van der Waals surface area contributed by atoms with Gasteiger partial charge in [0.05, 0.1) is 21.0 Å². The fraction of sp³-hybridized carbons (Fsp3) is 0.200. The number of hydrogen-bond acceptors (Lipinski definition) is 4. The van der Waals surface area contributed by atoms with E-state index in [0.29, 0.717) is 15.9 Å². The number of aryl methyl sites for hydroxylation is 1. The van der Waals surface area contributed by atoms with E-state index >= 15 is 0 Å². The predicted molar refractivity (Wildman–Crippen MR) is 90.7 cm³/mol. The van der Waals surface area contributed by atoms with E-state index in [4.69, 9.17) is 11.6 Å². The van der Waals surface area contributed by atoms with E-state index in [1.165, 1.54) is 28.2 Å². The lowest BCUT2D eigenvalue weighted by Gasteiger charge is -1.99. The zero-order valence-electron chi connectivity index (χ0n) is 11.4. The van der Waals surface area contributed by atoms with Gasteiger partial charge in [-0.05, 0) is 30.2 Å². The van der Waals surface area contributed by atoms with Crippen molar-refractivity contribution in [2.75, 3.05) is 5.32 Å². The first-order valence-electron chi connectivity index (χ1n) is 6.58. The molecule has 0 aliphatic carbocycles. The molecule has 0 aliphatic heterocycles. The van der Waals surface area contributed by atoms with Crippen LogP contribution in [-0.2, 0) is 17.6 Å². The average Bonchev–Trinajstić information content (AvgIpc) is 3.03. The Bertz CT molecular complexity index is 794. The molecule has 108 valence electrons. The third-order valence-electron chi connectivity index (χ3n) is 3.09. The normalized spacial score (nSPS) is 11.0. The van der Waals surface area contributed by atoms with E-state index in [1.54, 1.807) is 6.07 Å². The quantitative estimate of drug-likeness (QED) is 0.746. The maximum Gasteiger partial charge on any atom is 0.231 e. The molecule has 1 aromatic carbocycles. The summed E-state index contributed by atoms with van der Waals surface area (Å²) in [6.45, 7) is 2.10. The summed E-state index contributed by atoms with van der Waals surface area (Å²) in [6, 6.07) is 9.81.